The maximum atomic E-state index is 11.9. The molecule has 7 nitrogen and oxygen atoms in total. The van der Waals surface area contributed by atoms with E-state index in [2.05, 4.69) is 27.7 Å². The lowest BCUT2D eigenvalue weighted by atomic mass is 10.4. The second-order valence-corrected chi connectivity index (χ2v) is 5.62. The molecule has 1 heterocycles. The largest absolute Gasteiger partial charge is 0.300 e. The third kappa shape index (κ3) is 2.86. The predicted molar refractivity (Wildman–Crippen MR) is 66.5 cm³/mol. The molecule has 1 aliphatic heterocycles. The number of hydrogen-bond donors (Lipinski definition) is 2. The van der Waals surface area contributed by atoms with Gasteiger partial charge in [0.25, 0.3) is 5.24 Å². The van der Waals surface area contributed by atoms with E-state index >= 15 is 0 Å². The average molecular weight is 286 g/mol. The van der Waals surface area contributed by atoms with Crippen molar-refractivity contribution in [2.75, 3.05) is 6.54 Å². The van der Waals surface area contributed by atoms with Crippen molar-refractivity contribution < 1.29 is 13.2 Å². The van der Waals surface area contributed by atoms with Gasteiger partial charge in [-0.1, -0.05) is 36.1 Å². The van der Waals surface area contributed by atoms with Crippen molar-refractivity contribution >= 4 is 27.9 Å². The molecular formula is C9H10N4O3S2. The van der Waals surface area contributed by atoms with Gasteiger partial charge in [0.1, 0.15) is 0 Å². The van der Waals surface area contributed by atoms with Crippen molar-refractivity contribution in [3.05, 3.63) is 30.3 Å². The van der Waals surface area contributed by atoms with E-state index in [4.69, 9.17) is 0 Å². The van der Waals surface area contributed by atoms with Gasteiger partial charge in [0, 0.05) is 0 Å². The summed E-state index contributed by atoms with van der Waals surface area (Å²) in [7, 11) is -3.66. The number of nitrogens with zero attached hydrogens (tertiary/aromatic N) is 3. The number of amides is 1. The van der Waals surface area contributed by atoms with Crippen molar-refractivity contribution in [3.63, 3.8) is 0 Å². The number of rotatable bonds is 3. The van der Waals surface area contributed by atoms with Crippen molar-refractivity contribution in [1.82, 2.24) is 9.73 Å². The van der Waals surface area contributed by atoms with E-state index in [9.17, 15) is 13.2 Å². The van der Waals surface area contributed by atoms with Crippen LogP contribution in [-0.4, -0.2) is 31.4 Å². The number of nitrogens with one attached hydrogen (secondary N) is 1. The molecule has 0 aliphatic carbocycles. The van der Waals surface area contributed by atoms with E-state index < -0.39 is 21.4 Å². The van der Waals surface area contributed by atoms with Crippen molar-refractivity contribution in [3.8, 4) is 0 Å². The van der Waals surface area contributed by atoms with Crippen LogP contribution >= 0.6 is 12.6 Å². The smallest absolute Gasteiger partial charge is 0.260 e. The molecule has 1 aromatic carbocycles. The molecule has 1 amide bonds. The van der Waals surface area contributed by atoms with E-state index in [-0.39, 0.29) is 11.4 Å². The standard InChI is InChI=1S/C9H10N4O3S2/c14-9(17)13-6-8(10-12-13)11-18(15,16)7-4-2-1-3-5-7/h1-5,8,11H,6H2,(H,14,17). The zero-order valence-corrected chi connectivity index (χ0v) is 10.8. The highest BCUT2D eigenvalue weighted by Gasteiger charge is 2.27. The number of carbonyl (C=O) groups excluding carboxylic acids is 1. The molecule has 0 saturated carbocycles. The van der Waals surface area contributed by atoms with E-state index in [1.54, 1.807) is 18.2 Å². The molecule has 1 atom stereocenters. The molecule has 0 fully saturated rings. The normalized spacial score (nSPS) is 19.2. The van der Waals surface area contributed by atoms with Gasteiger partial charge in [-0.3, -0.25) is 4.79 Å². The monoisotopic (exact) mass is 286 g/mol. The molecule has 1 N–H and O–H groups in total. The molecule has 1 aliphatic rings. The Bertz CT molecular complexity index is 573. The summed E-state index contributed by atoms with van der Waals surface area (Å²) >= 11 is 3.57. The van der Waals surface area contributed by atoms with Crippen LogP contribution in [0.3, 0.4) is 0 Å². The van der Waals surface area contributed by atoms with Crippen LogP contribution in [0, 0.1) is 0 Å². The second kappa shape index (κ2) is 5.04. The Morgan fingerprint density at radius 1 is 1.39 bits per heavy atom. The first-order valence-electron chi connectivity index (χ1n) is 4.97. The molecule has 96 valence electrons. The van der Waals surface area contributed by atoms with Gasteiger partial charge in [0.15, 0.2) is 6.17 Å². The minimum Gasteiger partial charge on any atom is -0.260 e. The maximum absolute atomic E-state index is 11.9. The highest BCUT2D eigenvalue weighted by molar-refractivity contribution is 7.96. The lowest BCUT2D eigenvalue weighted by Gasteiger charge is -2.11. The topological polar surface area (TPSA) is 91.2 Å². The summed E-state index contributed by atoms with van der Waals surface area (Å²) in [6, 6.07) is 7.89. The Morgan fingerprint density at radius 3 is 2.61 bits per heavy atom. The molecule has 0 aromatic heterocycles. The van der Waals surface area contributed by atoms with Gasteiger partial charge in [-0.25, -0.2) is 13.4 Å². The van der Waals surface area contributed by atoms with Gasteiger partial charge in [-0.05, 0) is 12.1 Å². The molecule has 0 spiro atoms. The van der Waals surface area contributed by atoms with Crippen LogP contribution in [0.4, 0.5) is 4.79 Å². The van der Waals surface area contributed by atoms with Crippen LogP contribution in [-0.2, 0) is 10.0 Å². The summed E-state index contributed by atoms with van der Waals surface area (Å²) in [5.41, 5.74) is 0. The quantitative estimate of drug-likeness (QED) is 0.813. The summed E-state index contributed by atoms with van der Waals surface area (Å²) < 4.78 is 26.2. The Hall–Kier alpha value is -1.45. The number of sulfonamides is 1. The zero-order chi connectivity index (χ0) is 13.2. The van der Waals surface area contributed by atoms with Crippen LogP contribution in [0.25, 0.3) is 0 Å². The average Bonchev–Trinajstić information content (AvgIpc) is 2.78. The summed E-state index contributed by atoms with van der Waals surface area (Å²) in [5, 5.41) is 7.53. The molecule has 2 rings (SSSR count). The third-order valence-electron chi connectivity index (χ3n) is 2.21. The minimum absolute atomic E-state index is 0.0361. The summed E-state index contributed by atoms with van der Waals surface area (Å²) in [5.74, 6) is 0. The SMILES string of the molecule is O=C(S)N1CC(NS(=O)(=O)c2ccccc2)N=N1. The van der Waals surface area contributed by atoms with Crippen LogP contribution in [0.1, 0.15) is 0 Å². The van der Waals surface area contributed by atoms with Crippen LogP contribution in [0.15, 0.2) is 45.6 Å². The van der Waals surface area contributed by atoms with Crippen molar-refractivity contribution in [2.24, 2.45) is 10.3 Å². The molecule has 1 aromatic rings. The Morgan fingerprint density at radius 2 is 2.06 bits per heavy atom. The van der Waals surface area contributed by atoms with Gasteiger partial charge < -0.3 is 0 Å². The Kier molecular flexibility index (Phi) is 3.64. The zero-order valence-electron chi connectivity index (χ0n) is 9.09. The number of hydrogen-bond acceptors (Lipinski definition) is 5. The minimum atomic E-state index is -3.66. The molecular weight excluding hydrogens is 276 g/mol. The van der Waals surface area contributed by atoms with E-state index in [0.717, 1.165) is 5.01 Å². The Labute approximate surface area is 109 Å². The van der Waals surface area contributed by atoms with Crippen LogP contribution < -0.4 is 4.72 Å². The first-order chi connectivity index (χ1) is 8.49. The molecule has 0 saturated heterocycles. The van der Waals surface area contributed by atoms with Crippen LogP contribution in [0.2, 0.25) is 0 Å². The summed E-state index contributed by atoms with van der Waals surface area (Å²) in [4.78, 5) is 11.0. The Balaban J connectivity index is 2.08. The number of thiol groups is 1. The van der Waals surface area contributed by atoms with Crippen molar-refractivity contribution in [1.29, 1.82) is 0 Å². The lowest BCUT2D eigenvalue weighted by Crippen LogP contribution is -2.37. The highest BCUT2D eigenvalue weighted by atomic mass is 32.2. The number of benzene rings is 1. The van der Waals surface area contributed by atoms with Gasteiger partial charge >= 0.3 is 0 Å². The second-order valence-electron chi connectivity index (χ2n) is 3.52. The van der Waals surface area contributed by atoms with Crippen LogP contribution in [0.5, 0.6) is 0 Å². The molecule has 0 radical (unpaired) electrons. The van der Waals surface area contributed by atoms with Gasteiger partial charge in [0.05, 0.1) is 11.4 Å². The first kappa shape index (κ1) is 13.0. The fraction of sp³-hybridized carbons (Fsp3) is 0.222. The van der Waals surface area contributed by atoms with Crippen molar-refractivity contribution in [2.45, 2.75) is 11.1 Å². The fourth-order valence-electron chi connectivity index (χ4n) is 1.39. The summed E-state index contributed by atoms with van der Waals surface area (Å²) in [6.07, 6.45) is -0.786. The molecule has 9 heteroatoms. The number of carbonyl (C=O) groups is 1. The van der Waals surface area contributed by atoms with Gasteiger partial charge in [-0.15, -0.1) is 5.11 Å². The van der Waals surface area contributed by atoms with E-state index in [1.165, 1.54) is 12.1 Å². The van der Waals surface area contributed by atoms with Gasteiger partial charge in [-0.2, -0.15) is 4.72 Å². The highest BCUT2D eigenvalue weighted by Crippen LogP contribution is 2.13. The first-order valence-corrected chi connectivity index (χ1v) is 6.91. The summed E-state index contributed by atoms with van der Waals surface area (Å²) in [6.45, 7) is 0.0361. The predicted octanol–water partition coefficient (Wildman–Crippen LogP) is 1.02. The van der Waals surface area contributed by atoms with E-state index in [1.807, 2.05) is 0 Å². The fourth-order valence-corrected chi connectivity index (χ4v) is 2.64. The molecule has 18 heavy (non-hydrogen) atoms. The molecule has 1 unspecified atom stereocenters. The lowest BCUT2D eigenvalue weighted by molar-refractivity contribution is 0.229. The van der Waals surface area contributed by atoms with Gasteiger partial charge in [0.2, 0.25) is 10.0 Å². The maximum Gasteiger partial charge on any atom is 0.300 e. The molecule has 0 bridgehead atoms. The van der Waals surface area contributed by atoms with E-state index in [0.29, 0.717) is 0 Å². The third-order valence-corrected chi connectivity index (χ3v) is 3.92.